The van der Waals surface area contributed by atoms with Crippen LogP contribution >= 0.6 is 0 Å². The number of likely N-dealkylation sites (N-methyl/N-ethyl adjacent to an activating group) is 1. The summed E-state index contributed by atoms with van der Waals surface area (Å²) in [6.07, 6.45) is 1.62. The van der Waals surface area contributed by atoms with Gasteiger partial charge in [-0.05, 0) is 49.6 Å². The summed E-state index contributed by atoms with van der Waals surface area (Å²) in [4.78, 5) is 14.0. The smallest absolute Gasteiger partial charge is 0.239 e. The molecule has 25 heavy (non-hydrogen) atoms. The average molecular weight is 346 g/mol. The molecule has 2 atom stereocenters. The molecule has 0 bridgehead atoms. The Hall–Kier alpha value is -2.25. The average Bonchev–Trinajstić information content (AvgIpc) is 3.24. The number of aromatic nitrogens is 2. The predicted molar refractivity (Wildman–Crippen MR) is 92.4 cm³/mol. The third kappa shape index (κ3) is 4.43. The molecule has 3 rings (SSSR count). The molecule has 6 nitrogen and oxygen atoms in total. The summed E-state index contributed by atoms with van der Waals surface area (Å²) in [7, 11) is 1.78. The number of benzene rings is 1. The van der Waals surface area contributed by atoms with E-state index in [0.717, 1.165) is 29.8 Å². The van der Waals surface area contributed by atoms with Gasteiger partial charge < -0.3 is 15.3 Å². The number of aromatic amines is 1. The molecule has 2 aromatic rings. The SMILES string of the molecule is CN(CCCc1cc(-c2ccc(F)cc2)n[nH]1)C(=O)[C@@H]1C[C@H](O)CN1. The normalized spacial score (nSPS) is 20.0. The van der Waals surface area contributed by atoms with Gasteiger partial charge in [-0.1, -0.05) is 0 Å². The highest BCUT2D eigenvalue weighted by Gasteiger charge is 2.29. The Morgan fingerprint density at radius 2 is 2.16 bits per heavy atom. The van der Waals surface area contributed by atoms with Gasteiger partial charge in [0, 0.05) is 31.4 Å². The second-order valence-corrected chi connectivity index (χ2v) is 6.50. The van der Waals surface area contributed by atoms with Gasteiger partial charge in [-0.2, -0.15) is 5.10 Å². The number of halogens is 1. The third-order valence-electron chi connectivity index (χ3n) is 4.49. The first-order chi connectivity index (χ1) is 12.0. The number of nitrogens with zero attached hydrogens (tertiary/aromatic N) is 2. The van der Waals surface area contributed by atoms with Gasteiger partial charge in [-0.15, -0.1) is 0 Å². The molecule has 134 valence electrons. The van der Waals surface area contributed by atoms with Crippen LogP contribution in [0.15, 0.2) is 30.3 Å². The standard InChI is InChI=1S/C18H23FN4O2/c1-23(18(25)17-10-15(24)11-20-17)8-2-3-14-9-16(22-21-14)12-4-6-13(19)7-5-12/h4-7,9,15,17,20,24H,2-3,8,10-11H2,1H3,(H,21,22)/t15-,17-/m0/s1. The molecule has 0 spiro atoms. The molecule has 7 heteroatoms. The van der Waals surface area contributed by atoms with E-state index in [1.54, 1.807) is 24.1 Å². The van der Waals surface area contributed by atoms with Crippen molar-refractivity contribution in [3.63, 3.8) is 0 Å². The van der Waals surface area contributed by atoms with Gasteiger partial charge in [0.05, 0.1) is 17.8 Å². The minimum absolute atomic E-state index is 0.0214. The molecule has 1 aliphatic rings. The first-order valence-corrected chi connectivity index (χ1v) is 8.49. The Bertz CT molecular complexity index is 716. The molecule has 1 aliphatic heterocycles. The van der Waals surface area contributed by atoms with Crippen LogP contribution in [0.2, 0.25) is 0 Å². The molecule has 1 aromatic carbocycles. The van der Waals surface area contributed by atoms with E-state index in [1.807, 2.05) is 6.07 Å². The van der Waals surface area contributed by atoms with E-state index in [4.69, 9.17) is 0 Å². The Morgan fingerprint density at radius 3 is 2.84 bits per heavy atom. The number of rotatable bonds is 6. The Kier molecular flexibility index (Phi) is 5.45. The molecule has 0 unspecified atom stereocenters. The van der Waals surface area contributed by atoms with Gasteiger partial charge >= 0.3 is 0 Å². The van der Waals surface area contributed by atoms with Crippen molar-refractivity contribution < 1.29 is 14.3 Å². The summed E-state index contributed by atoms with van der Waals surface area (Å²) < 4.78 is 13.0. The molecule has 2 heterocycles. The molecular formula is C18H23FN4O2. The number of β-amino-alcohol motifs (C(OH)–C–C–N with tert-alkyl or cyclic N) is 1. The molecule has 1 aromatic heterocycles. The maximum Gasteiger partial charge on any atom is 0.239 e. The van der Waals surface area contributed by atoms with Crippen LogP contribution in [0, 0.1) is 5.82 Å². The highest BCUT2D eigenvalue weighted by molar-refractivity contribution is 5.82. The fourth-order valence-electron chi connectivity index (χ4n) is 3.05. The summed E-state index contributed by atoms with van der Waals surface area (Å²) in [6, 6.07) is 7.90. The van der Waals surface area contributed by atoms with E-state index >= 15 is 0 Å². The first kappa shape index (κ1) is 17.6. The minimum atomic E-state index is -0.433. The molecule has 0 saturated carbocycles. The van der Waals surface area contributed by atoms with Gasteiger partial charge in [0.2, 0.25) is 5.91 Å². The largest absolute Gasteiger partial charge is 0.392 e. The molecule has 3 N–H and O–H groups in total. The fourth-order valence-corrected chi connectivity index (χ4v) is 3.05. The number of hydrogen-bond donors (Lipinski definition) is 3. The number of amides is 1. The number of aliphatic hydroxyl groups is 1. The fraction of sp³-hybridized carbons (Fsp3) is 0.444. The maximum absolute atomic E-state index is 13.0. The minimum Gasteiger partial charge on any atom is -0.392 e. The molecule has 0 aliphatic carbocycles. The zero-order chi connectivity index (χ0) is 17.8. The van der Waals surface area contributed by atoms with Crippen molar-refractivity contribution in [3.8, 4) is 11.3 Å². The monoisotopic (exact) mass is 346 g/mol. The van der Waals surface area contributed by atoms with E-state index in [0.29, 0.717) is 19.5 Å². The van der Waals surface area contributed by atoms with Crippen molar-refractivity contribution in [1.29, 1.82) is 0 Å². The summed E-state index contributed by atoms with van der Waals surface area (Å²) in [5.74, 6) is -0.246. The summed E-state index contributed by atoms with van der Waals surface area (Å²) in [5, 5.41) is 19.8. The van der Waals surface area contributed by atoms with Crippen LogP contribution in [0.25, 0.3) is 11.3 Å². The van der Waals surface area contributed by atoms with Gasteiger partial charge in [0.25, 0.3) is 0 Å². The lowest BCUT2D eigenvalue weighted by molar-refractivity contribution is -0.131. The van der Waals surface area contributed by atoms with Crippen LogP contribution in [0.5, 0.6) is 0 Å². The third-order valence-corrected chi connectivity index (χ3v) is 4.49. The van der Waals surface area contributed by atoms with Crippen LogP contribution in [0.4, 0.5) is 4.39 Å². The number of aliphatic hydroxyl groups excluding tert-OH is 1. The number of carbonyl (C=O) groups is 1. The lowest BCUT2D eigenvalue weighted by atomic mass is 10.1. The van der Waals surface area contributed by atoms with Gasteiger partial charge in [-0.3, -0.25) is 9.89 Å². The molecule has 1 amide bonds. The molecular weight excluding hydrogens is 323 g/mol. The number of aryl methyl sites for hydroxylation is 1. The highest BCUT2D eigenvalue weighted by atomic mass is 19.1. The van der Waals surface area contributed by atoms with Crippen molar-refractivity contribution in [1.82, 2.24) is 20.4 Å². The lowest BCUT2D eigenvalue weighted by Crippen LogP contribution is -2.42. The second-order valence-electron chi connectivity index (χ2n) is 6.50. The second kappa shape index (κ2) is 7.76. The maximum atomic E-state index is 13.0. The number of hydrogen-bond acceptors (Lipinski definition) is 4. The Balaban J connectivity index is 1.47. The molecule has 0 radical (unpaired) electrons. The van der Waals surface area contributed by atoms with Crippen LogP contribution in [-0.4, -0.2) is 58.4 Å². The lowest BCUT2D eigenvalue weighted by Gasteiger charge is -2.20. The zero-order valence-electron chi connectivity index (χ0n) is 14.2. The van der Waals surface area contributed by atoms with Crippen LogP contribution in [-0.2, 0) is 11.2 Å². The quantitative estimate of drug-likeness (QED) is 0.737. The zero-order valence-corrected chi connectivity index (χ0v) is 14.2. The van der Waals surface area contributed by atoms with Crippen LogP contribution in [0.3, 0.4) is 0 Å². The van der Waals surface area contributed by atoms with Gasteiger partial charge in [-0.25, -0.2) is 4.39 Å². The Morgan fingerprint density at radius 1 is 1.40 bits per heavy atom. The van der Waals surface area contributed by atoms with Crippen LogP contribution < -0.4 is 5.32 Å². The topological polar surface area (TPSA) is 81.2 Å². The first-order valence-electron chi connectivity index (χ1n) is 8.49. The van der Waals surface area contributed by atoms with E-state index in [1.165, 1.54) is 12.1 Å². The van der Waals surface area contributed by atoms with E-state index in [9.17, 15) is 14.3 Å². The molecule has 1 fully saturated rings. The van der Waals surface area contributed by atoms with Crippen molar-refractivity contribution in [2.45, 2.75) is 31.4 Å². The van der Waals surface area contributed by atoms with Crippen LogP contribution in [0.1, 0.15) is 18.5 Å². The van der Waals surface area contributed by atoms with Crippen molar-refractivity contribution >= 4 is 5.91 Å². The highest BCUT2D eigenvalue weighted by Crippen LogP contribution is 2.18. The van der Waals surface area contributed by atoms with E-state index in [2.05, 4.69) is 15.5 Å². The van der Waals surface area contributed by atoms with Gasteiger partial charge in [0.1, 0.15) is 5.82 Å². The van der Waals surface area contributed by atoms with Crippen molar-refractivity contribution in [2.75, 3.05) is 20.1 Å². The van der Waals surface area contributed by atoms with E-state index < -0.39 is 6.10 Å². The number of H-pyrrole nitrogens is 1. The summed E-state index contributed by atoms with van der Waals surface area (Å²) >= 11 is 0. The van der Waals surface area contributed by atoms with Gasteiger partial charge in [0.15, 0.2) is 0 Å². The number of carbonyl (C=O) groups excluding carboxylic acids is 1. The summed E-state index contributed by atoms with van der Waals surface area (Å²) in [6.45, 7) is 1.11. The van der Waals surface area contributed by atoms with Crippen molar-refractivity contribution in [2.24, 2.45) is 0 Å². The molecule has 1 saturated heterocycles. The predicted octanol–water partition coefficient (Wildman–Crippen LogP) is 1.33. The number of nitrogens with one attached hydrogen (secondary N) is 2. The summed E-state index contributed by atoms with van der Waals surface area (Å²) in [5.41, 5.74) is 2.63. The Labute approximate surface area is 146 Å². The van der Waals surface area contributed by atoms with Crippen molar-refractivity contribution in [3.05, 3.63) is 41.8 Å². The van der Waals surface area contributed by atoms with E-state index in [-0.39, 0.29) is 17.8 Å².